The molecule has 1 aromatic carbocycles. The van der Waals surface area contributed by atoms with Crippen LogP contribution in [-0.2, 0) is 21.4 Å². The van der Waals surface area contributed by atoms with Gasteiger partial charge in [-0.25, -0.2) is 0 Å². The number of hydrogen-bond acceptors (Lipinski definition) is 5. The number of carbonyl (C=O) groups excluding carboxylic acids is 1. The SMILES string of the molecule is CC(=O)OC1CCC2C3Cc4ccc(O)c5c4C2(CCN3C)C1O5. The summed E-state index contributed by atoms with van der Waals surface area (Å²) in [4.78, 5) is 14.1. The fourth-order valence-corrected chi connectivity index (χ4v) is 6.02. The molecule has 0 aromatic heterocycles. The summed E-state index contributed by atoms with van der Waals surface area (Å²) in [6, 6.07) is 4.31. The van der Waals surface area contributed by atoms with E-state index >= 15 is 0 Å². The fraction of sp³-hybridized carbons (Fsp3) is 0.632. The number of ether oxygens (including phenoxy) is 2. The first kappa shape index (κ1) is 14.6. The zero-order valence-electron chi connectivity index (χ0n) is 14.1. The molecule has 2 aliphatic carbocycles. The maximum atomic E-state index is 11.6. The highest BCUT2D eigenvalue weighted by molar-refractivity contribution is 5.67. The van der Waals surface area contributed by atoms with Crippen LogP contribution in [0.2, 0.25) is 0 Å². The molecule has 4 aliphatic rings. The van der Waals surface area contributed by atoms with Gasteiger partial charge in [0.1, 0.15) is 12.2 Å². The molecular weight excluding hydrogens is 306 g/mol. The van der Waals surface area contributed by atoms with Gasteiger partial charge in [0.2, 0.25) is 0 Å². The molecule has 2 fully saturated rings. The van der Waals surface area contributed by atoms with Gasteiger partial charge in [-0.3, -0.25) is 4.79 Å². The molecule has 2 aliphatic heterocycles. The van der Waals surface area contributed by atoms with Crippen molar-refractivity contribution < 1.29 is 19.4 Å². The summed E-state index contributed by atoms with van der Waals surface area (Å²) in [5, 5.41) is 10.4. The fourth-order valence-electron chi connectivity index (χ4n) is 6.02. The molecule has 5 unspecified atom stereocenters. The maximum absolute atomic E-state index is 11.6. The highest BCUT2D eigenvalue weighted by atomic mass is 16.6. The van der Waals surface area contributed by atoms with Crippen molar-refractivity contribution in [1.29, 1.82) is 0 Å². The molecular formula is C19H23NO4. The Kier molecular flexibility index (Phi) is 2.83. The monoisotopic (exact) mass is 329 g/mol. The van der Waals surface area contributed by atoms with Crippen molar-refractivity contribution in [3.05, 3.63) is 23.3 Å². The number of esters is 1. The number of phenolic OH excluding ortho intramolecular Hbond substituents is 1. The second-order valence-electron chi connectivity index (χ2n) is 7.86. The van der Waals surface area contributed by atoms with Gasteiger partial charge in [0, 0.05) is 23.9 Å². The summed E-state index contributed by atoms with van der Waals surface area (Å²) in [5.74, 6) is 1.11. The summed E-state index contributed by atoms with van der Waals surface area (Å²) in [7, 11) is 2.22. The van der Waals surface area contributed by atoms with Gasteiger partial charge in [-0.15, -0.1) is 0 Å². The zero-order valence-corrected chi connectivity index (χ0v) is 14.1. The van der Waals surface area contributed by atoms with Gasteiger partial charge in [-0.2, -0.15) is 0 Å². The minimum atomic E-state index is -0.251. The Labute approximate surface area is 141 Å². The number of piperidine rings is 1. The third-order valence-corrected chi connectivity index (χ3v) is 6.86. The van der Waals surface area contributed by atoms with E-state index in [2.05, 4.69) is 18.0 Å². The number of likely N-dealkylation sites (tertiary alicyclic amines) is 1. The molecule has 5 heteroatoms. The number of benzene rings is 1. The topological polar surface area (TPSA) is 59.0 Å². The standard InChI is InChI=1S/C19H23NO4/c1-10(21)23-15-6-4-12-13-9-11-3-5-14(22)17-16(11)19(12,18(15)24-17)7-8-20(13)2/h3,5,12-13,15,18,22H,4,6-9H2,1-2H3. The lowest BCUT2D eigenvalue weighted by molar-refractivity contribution is -0.163. The lowest BCUT2D eigenvalue weighted by Gasteiger charge is -2.58. The van der Waals surface area contributed by atoms with Crippen LogP contribution in [0.1, 0.15) is 37.3 Å². The van der Waals surface area contributed by atoms with Crippen molar-refractivity contribution >= 4 is 5.97 Å². The van der Waals surface area contributed by atoms with Crippen molar-refractivity contribution in [2.45, 2.75) is 56.3 Å². The lowest BCUT2D eigenvalue weighted by atomic mass is 9.51. The summed E-state index contributed by atoms with van der Waals surface area (Å²) in [5.41, 5.74) is 2.39. The van der Waals surface area contributed by atoms with Crippen molar-refractivity contribution in [3.63, 3.8) is 0 Å². The maximum Gasteiger partial charge on any atom is 0.303 e. The van der Waals surface area contributed by atoms with Crippen LogP contribution in [0.25, 0.3) is 0 Å². The van der Waals surface area contributed by atoms with Crippen LogP contribution in [0.4, 0.5) is 0 Å². The van der Waals surface area contributed by atoms with Crippen molar-refractivity contribution in [3.8, 4) is 11.5 Å². The number of likely N-dealkylation sites (N-methyl/N-ethyl adjacent to an activating group) is 1. The van der Waals surface area contributed by atoms with E-state index in [0.29, 0.717) is 17.7 Å². The van der Waals surface area contributed by atoms with Crippen LogP contribution < -0.4 is 4.74 Å². The minimum Gasteiger partial charge on any atom is -0.504 e. The second-order valence-corrected chi connectivity index (χ2v) is 7.86. The predicted molar refractivity (Wildman–Crippen MR) is 87.2 cm³/mol. The summed E-state index contributed by atoms with van der Waals surface area (Å²) in [6.07, 6.45) is 3.50. The van der Waals surface area contributed by atoms with E-state index < -0.39 is 0 Å². The highest BCUT2D eigenvalue weighted by Gasteiger charge is 2.66. The number of nitrogens with zero attached hydrogens (tertiary/aromatic N) is 1. The molecule has 1 N–H and O–H groups in total. The van der Waals surface area contributed by atoms with E-state index in [4.69, 9.17) is 9.47 Å². The van der Waals surface area contributed by atoms with Crippen LogP contribution in [0.15, 0.2) is 12.1 Å². The van der Waals surface area contributed by atoms with E-state index in [1.54, 1.807) is 6.07 Å². The molecule has 2 bridgehead atoms. The molecule has 1 saturated heterocycles. The summed E-state index contributed by atoms with van der Waals surface area (Å²) in [6.45, 7) is 2.48. The van der Waals surface area contributed by atoms with Gasteiger partial charge < -0.3 is 19.5 Å². The van der Waals surface area contributed by atoms with Gasteiger partial charge in [-0.05, 0) is 56.8 Å². The van der Waals surface area contributed by atoms with E-state index in [-0.39, 0.29) is 29.3 Å². The normalized spacial score (nSPS) is 39.1. The Morgan fingerprint density at radius 1 is 1.42 bits per heavy atom. The van der Waals surface area contributed by atoms with Crippen molar-refractivity contribution in [2.75, 3.05) is 13.6 Å². The van der Waals surface area contributed by atoms with Crippen LogP contribution in [-0.4, -0.2) is 47.8 Å². The zero-order chi connectivity index (χ0) is 16.6. The average Bonchev–Trinajstić information content (AvgIpc) is 2.89. The smallest absolute Gasteiger partial charge is 0.303 e. The van der Waals surface area contributed by atoms with Crippen LogP contribution >= 0.6 is 0 Å². The second kappa shape index (κ2) is 4.66. The Balaban J connectivity index is 1.71. The van der Waals surface area contributed by atoms with E-state index in [9.17, 15) is 9.90 Å². The van der Waals surface area contributed by atoms with Gasteiger partial charge in [-0.1, -0.05) is 6.07 Å². The molecule has 5 rings (SSSR count). The third-order valence-electron chi connectivity index (χ3n) is 6.86. The van der Waals surface area contributed by atoms with Gasteiger partial charge in [0.25, 0.3) is 0 Å². The van der Waals surface area contributed by atoms with E-state index in [1.807, 2.05) is 0 Å². The predicted octanol–water partition coefficient (Wildman–Crippen LogP) is 1.99. The van der Waals surface area contributed by atoms with E-state index in [0.717, 1.165) is 32.2 Å². The van der Waals surface area contributed by atoms with Crippen molar-refractivity contribution in [1.82, 2.24) is 4.90 Å². The average molecular weight is 329 g/mol. The van der Waals surface area contributed by atoms with Crippen LogP contribution in [0, 0.1) is 5.92 Å². The quantitative estimate of drug-likeness (QED) is 0.799. The van der Waals surface area contributed by atoms with Crippen molar-refractivity contribution in [2.24, 2.45) is 5.92 Å². The molecule has 1 saturated carbocycles. The molecule has 5 nitrogen and oxygen atoms in total. The summed E-state index contributed by atoms with van der Waals surface area (Å²) >= 11 is 0. The lowest BCUT2D eigenvalue weighted by Crippen LogP contribution is -2.66. The minimum absolute atomic E-state index is 0.114. The van der Waals surface area contributed by atoms with Crippen LogP contribution in [0.3, 0.4) is 0 Å². The molecule has 24 heavy (non-hydrogen) atoms. The molecule has 0 amide bonds. The largest absolute Gasteiger partial charge is 0.504 e. The molecule has 1 aromatic rings. The molecule has 5 atom stereocenters. The Hall–Kier alpha value is -1.75. The Morgan fingerprint density at radius 2 is 2.25 bits per heavy atom. The number of phenols is 1. The number of hydrogen-bond donors (Lipinski definition) is 1. The first-order chi connectivity index (χ1) is 11.5. The van der Waals surface area contributed by atoms with E-state index in [1.165, 1.54) is 18.1 Å². The number of rotatable bonds is 1. The first-order valence-corrected chi connectivity index (χ1v) is 8.92. The molecule has 0 radical (unpaired) electrons. The Morgan fingerprint density at radius 3 is 3.04 bits per heavy atom. The van der Waals surface area contributed by atoms with Crippen LogP contribution in [0.5, 0.6) is 11.5 Å². The van der Waals surface area contributed by atoms with Gasteiger partial charge >= 0.3 is 5.97 Å². The van der Waals surface area contributed by atoms with Gasteiger partial charge in [0.05, 0.1) is 0 Å². The number of carbonyl (C=O) groups is 1. The molecule has 128 valence electrons. The Bertz CT molecular complexity index is 732. The van der Waals surface area contributed by atoms with Gasteiger partial charge in [0.15, 0.2) is 11.5 Å². The number of aromatic hydroxyl groups is 1. The molecule has 1 spiro atoms. The summed E-state index contributed by atoms with van der Waals surface area (Å²) < 4.78 is 12.0. The molecule has 2 heterocycles. The highest BCUT2D eigenvalue weighted by Crippen LogP contribution is 2.63. The first-order valence-electron chi connectivity index (χ1n) is 8.92. The third kappa shape index (κ3) is 1.61.